The number of benzene rings is 2. The van der Waals surface area contributed by atoms with Crippen LogP contribution in [0.1, 0.15) is 47.0 Å². The van der Waals surface area contributed by atoms with Crippen LogP contribution in [0.25, 0.3) is 0 Å². The van der Waals surface area contributed by atoms with E-state index in [2.05, 4.69) is 20.8 Å². The van der Waals surface area contributed by atoms with E-state index in [-0.39, 0.29) is 12.1 Å². The van der Waals surface area contributed by atoms with Crippen molar-refractivity contribution >= 4 is 23.7 Å². The molecule has 3 nitrogen and oxygen atoms in total. The Bertz CT molecular complexity index is 803. The number of carbonyl (C=O) groups is 1. The minimum Gasteiger partial charge on any atom is -0.461 e. The Morgan fingerprint density at radius 2 is 1.45 bits per heavy atom. The number of rotatable bonds is 6. The van der Waals surface area contributed by atoms with E-state index in [0.29, 0.717) is 28.4 Å². The number of hydrogen-bond acceptors (Lipinski definition) is 3. The molecule has 2 aromatic rings. The lowest BCUT2D eigenvalue weighted by Crippen LogP contribution is -2.39. The molecule has 1 saturated carbocycles. The fourth-order valence-electron chi connectivity index (χ4n) is 4.54. The summed E-state index contributed by atoms with van der Waals surface area (Å²) < 4.78 is 20.5. The second-order valence-corrected chi connectivity index (χ2v) is 11.9. The average Bonchev–Trinajstić information content (AvgIpc) is 2.73. The molecular formula is C25H33O3P. The zero-order valence-electron chi connectivity index (χ0n) is 18.0. The van der Waals surface area contributed by atoms with Crippen molar-refractivity contribution in [2.45, 2.75) is 58.7 Å². The summed E-state index contributed by atoms with van der Waals surface area (Å²) in [4.78, 5) is 13.3. The molecule has 4 atom stereocenters. The van der Waals surface area contributed by atoms with Crippen LogP contribution in [0.3, 0.4) is 0 Å². The summed E-state index contributed by atoms with van der Waals surface area (Å²) in [5.41, 5.74) is -0.725. The van der Waals surface area contributed by atoms with Crippen LogP contribution in [0.4, 0.5) is 0 Å². The van der Waals surface area contributed by atoms with Crippen molar-refractivity contribution in [2.24, 2.45) is 17.8 Å². The summed E-state index contributed by atoms with van der Waals surface area (Å²) in [6.07, 6.45) is 3.07. The van der Waals surface area contributed by atoms with Crippen molar-refractivity contribution in [1.82, 2.24) is 0 Å². The number of esters is 1. The molecule has 1 aliphatic rings. The Labute approximate surface area is 175 Å². The maximum absolute atomic E-state index is 14.4. The maximum atomic E-state index is 14.4. The van der Waals surface area contributed by atoms with Gasteiger partial charge in [-0.1, -0.05) is 87.9 Å². The summed E-state index contributed by atoms with van der Waals surface area (Å²) in [5.74, 6) is 1.04. The Hall–Kier alpha value is -1.86. The van der Waals surface area contributed by atoms with Gasteiger partial charge in [0.2, 0.25) is 0 Å². The van der Waals surface area contributed by atoms with Crippen molar-refractivity contribution in [3.63, 3.8) is 0 Å². The highest BCUT2D eigenvalue weighted by Gasteiger charge is 2.41. The van der Waals surface area contributed by atoms with Crippen LogP contribution in [0.2, 0.25) is 0 Å². The normalized spacial score (nSPS) is 23.6. The average molecular weight is 413 g/mol. The molecule has 0 radical (unpaired) electrons. The van der Waals surface area contributed by atoms with Gasteiger partial charge in [-0.3, -0.25) is 4.79 Å². The molecule has 0 spiro atoms. The standard InChI is InChI=1S/C25H33O3P/c1-18(2)23-16-15-19(3)17-24(23)28-25(26)20(4)29(27,21-11-7-5-8-12-21)22-13-9-6-10-14-22/h5-14,18-20,23-24H,15-17H2,1-4H3/t19-,20+,23+,24-/m1/s1. The Balaban J connectivity index is 1.91. The molecule has 1 aliphatic carbocycles. The van der Waals surface area contributed by atoms with Gasteiger partial charge >= 0.3 is 5.97 Å². The van der Waals surface area contributed by atoms with Crippen LogP contribution in [0.15, 0.2) is 60.7 Å². The molecule has 4 heteroatoms. The molecule has 0 saturated heterocycles. The van der Waals surface area contributed by atoms with Crippen molar-refractivity contribution in [3.05, 3.63) is 60.7 Å². The first-order valence-electron chi connectivity index (χ1n) is 10.8. The summed E-state index contributed by atoms with van der Waals surface area (Å²) in [6.45, 7) is 8.38. The zero-order valence-corrected chi connectivity index (χ0v) is 18.8. The van der Waals surface area contributed by atoms with Gasteiger partial charge < -0.3 is 9.30 Å². The van der Waals surface area contributed by atoms with Gasteiger partial charge in [-0.2, -0.15) is 0 Å². The molecule has 0 aliphatic heterocycles. The van der Waals surface area contributed by atoms with Crippen LogP contribution >= 0.6 is 7.14 Å². The number of hydrogen-bond donors (Lipinski definition) is 0. The molecule has 0 heterocycles. The first kappa shape index (κ1) is 21.8. The maximum Gasteiger partial charge on any atom is 0.317 e. The summed E-state index contributed by atoms with van der Waals surface area (Å²) in [6, 6.07) is 18.7. The van der Waals surface area contributed by atoms with Gasteiger partial charge in [0.05, 0.1) is 0 Å². The second-order valence-electron chi connectivity index (χ2n) is 8.81. The molecule has 1 fully saturated rings. The van der Waals surface area contributed by atoms with E-state index in [1.807, 2.05) is 60.7 Å². The van der Waals surface area contributed by atoms with Crippen LogP contribution < -0.4 is 10.6 Å². The van der Waals surface area contributed by atoms with Gasteiger partial charge in [-0.05, 0) is 37.5 Å². The summed E-state index contributed by atoms with van der Waals surface area (Å²) in [7, 11) is -3.17. The van der Waals surface area contributed by atoms with E-state index in [1.54, 1.807) is 6.92 Å². The van der Waals surface area contributed by atoms with Gasteiger partial charge in [0, 0.05) is 10.6 Å². The molecule has 0 aromatic heterocycles. The highest BCUT2D eigenvalue weighted by atomic mass is 31.2. The van der Waals surface area contributed by atoms with E-state index in [1.165, 1.54) is 6.42 Å². The lowest BCUT2D eigenvalue weighted by atomic mass is 9.75. The van der Waals surface area contributed by atoms with Crippen LogP contribution in [-0.2, 0) is 14.1 Å². The fourth-order valence-corrected chi connectivity index (χ4v) is 7.32. The van der Waals surface area contributed by atoms with Crippen molar-refractivity contribution < 1.29 is 14.1 Å². The highest BCUT2D eigenvalue weighted by Crippen LogP contribution is 2.49. The predicted molar refractivity (Wildman–Crippen MR) is 120 cm³/mol. The van der Waals surface area contributed by atoms with Crippen molar-refractivity contribution in [2.75, 3.05) is 0 Å². The molecule has 0 bridgehead atoms. The van der Waals surface area contributed by atoms with Crippen LogP contribution in [0, 0.1) is 17.8 Å². The summed E-state index contributed by atoms with van der Waals surface area (Å²) in [5, 5.41) is 1.40. The lowest BCUT2D eigenvalue weighted by Gasteiger charge is -2.37. The quantitative estimate of drug-likeness (QED) is 0.472. The van der Waals surface area contributed by atoms with Crippen LogP contribution in [0.5, 0.6) is 0 Å². The Morgan fingerprint density at radius 1 is 0.931 bits per heavy atom. The van der Waals surface area contributed by atoms with E-state index >= 15 is 0 Å². The SMILES string of the molecule is CC(C)[C@@H]1CC[C@@H](C)C[C@H]1OC(=O)[C@H](C)P(=O)(c1ccccc1)c1ccccc1. The van der Waals surface area contributed by atoms with Crippen molar-refractivity contribution in [1.29, 1.82) is 0 Å². The zero-order chi connectivity index (χ0) is 21.0. The number of ether oxygens (including phenoxy) is 1. The third-order valence-corrected chi connectivity index (χ3v) is 9.83. The van der Waals surface area contributed by atoms with E-state index in [4.69, 9.17) is 4.74 Å². The third kappa shape index (κ3) is 4.67. The van der Waals surface area contributed by atoms with E-state index in [9.17, 15) is 9.36 Å². The molecule has 3 rings (SSSR count). The molecule has 0 unspecified atom stereocenters. The summed E-state index contributed by atoms with van der Waals surface area (Å²) >= 11 is 0. The third-order valence-electron chi connectivity index (χ3n) is 6.39. The molecular weight excluding hydrogens is 379 g/mol. The van der Waals surface area contributed by atoms with Gasteiger partial charge in [0.15, 0.2) is 7.14 Å². The van der Waals surface area contributed by atoms with E-state index < -0.39 is 12.8 Å². The number of carbonyl (C=O) groups excluding carboxylic acids is 1. The Morgan fingerprint density at radius 3 is 1.93 bits per heavy atom. The Kier molecular flexibility index (Phi) is 7.01. The first-order chi connectivity index (χ1) is 13.8. The smallest absolute Gasteiger partial charge is 0.317 e. The highest BCUT2D eigenvalue weighted by molar-refractivity contribution is 7.80. The lowest BCUT2D eigenvalue weighted by molar-refractivity contribution is -0.155. The first-order valence-corrected chi connectivity index (χ1v) is 12.5. The second kappa shape index (κ2) is 9.30. The molecule has 29 heavy (non-hydrogen) atoms. The predicted octanol–water partition coefficient (Wildman–Crippen LogP) is 5.39. The topological polar surface area (TPSA) is 43.4 Å². The van der Waals surface area contributed by atoms with E-state index in [0.717, 1.165) is 12.8 Å². The van der Waals surface area contributed by atoms with Crippen LogP contribution in [-0.4, -0.2) is 17.7 Å². The van der Waals surface area contributed by atoms with Gasteiger partial charge in [-0.15, -0.1) is 0 Å². The minimum absolute atomic E-state index is 0.0892. The minimum atomic E-state index is -3.17. The van der Waals surface area contributed by atoms with Gasteiger partial charge in [0.25, 0.3) is 0 Å². The molecule has 0 N–H and O–H groups in total. The van der Waals surface area contributed by atoms with Gasteiger partial charge in [-0.25, -0.2) is 0 Å². The molecule has 0 amide bonds. The van der Waals surface area contributed by atoms with Gasteiger partial charge in [0.1, 0.15) is 11.8 Å². The monoisotopic (exact) mass is 412 g/mol. The molecule has 2 aromatic carbocycles. The largest absolute Gasteiger partial charge is 0.461 e. The molecule has 156 valence electrons. The van der Waals surface area contributed by atoms with Crippen molar-refractivity contribution in [3.8, 4) is 0 Å². The fraction of sp³-hybridized carbons (Fsp3) is 0.480.